The maximum absolute atomic E-state index is 13.8. The largest absolute Gasteiger partial charge is 0.489 e. The van der Waals surface area contributed by atoms with E-state index in [9.17, 15) is 18.8 Å². The number of hydrogen-bond donors (Lipinski definition) is 2. The average molecular weight is 520 g/mol. The van der Waals surface area contributed by atoms with Crippen molar-refractivity contribution >= 4 is 35.2 Å². The van der Waals surface area contributed by atoms with Gasteiger partial charge in [0.15, 0.2) is 0 Å². The zero-order chi connectivity index (χ0) is 26.6. The molecule has 0 fully saturated rings. The number of alkyl carbamates (subject to hydrolysis) is 1. The Morgan fingerprint density at radius 1 is 1.22 bits per heavy atom. The van der Waals surface area contributed by atoms with E-state index in [1.807, 2.05) is 0 Å². The standard InChI is InChI=1S/C26H31ClFN3O5/c1-15(2)31-21-11-10-17(28)13-22(21)35-14-20(24(31)33)29-23(32)19(30-25(34)36-26(3,4)5)12-16-8-6-7-9-18(16)27/h6-11,13,15,19-20H,12,14H2,1-5H3,(H,29,32)(H,30,34). The fraction of sp³-hybridized carbons (Fsp3) is 0.423. The molecule has 2 aromatic carbocycles. The molecule has 0 aliphatic carbocycles. The van der Waals surface area contributed by atoms with Crippen LogP contribution in [0, 0.1) is 5.82 Å². The summed E-state index contributed by atoms with van der Waals surface area (Å²) in [7, 11) is 0. The van der Waals surface area contributed by atoms with Gasteiger partial charge < -0.3 is 25.0 Å². The molecule has 0 bridgehead atoms. The van der Waals surface area contributed by atoms with Crippen LogP contribution in [-0.4, -0.2) is 48.2 Å². The fourth-order valence-corrected chi connectivity index (χ4v) is 4.00. The Labute approximate surface area is 215 Å². The smallest absolute Gasteiger partial charge is 0.408 e. The molecule has 1 aliphatic heterocycles. The van der Waals surface area contributed by atoms with E-state index in [4.69, 9.17) is 21.1 Å². The number of benzene rings is 2. The number of halogens is 2. The van der Waals surface area contributed by atoms with Crippen LogP contribution in [0.5, 0.6) is 5.75 Å². The third-order valence-electron chi connectivity index (χ3n) is 5.34. The fourth-order valence-electron chi connectivity index (χ4n) is 3.78. The summed E-state index contributed by atoms with van der Waals surface area (Å²) < 4.78 is 24.9. The van der Waals surface area contributed by atoms with Gasteiger partial charge in [-0.05, 0) is 58.4 Å². The van der Waals surface area contributed by atoms with Crippen molar-refractivity contribution in [3.05, 3.63) is 58.9 Å². The number of nitrogens with zero attached hydrogens (tertiary/aromatic N) is 1. The maximum atomic E-state index is 13.8. The van der Waals surface area contributed by atoms with Crippen LogP contribution in [0.4, 0.5) is 14.9 Å². The van der Waals surface area contributed by atoms with Gasteiger partial charge in [-0.3, -0.25) is 9.59 Å². The molecule has 0 saturated heterocycles. The number of amides is 3. The summed E-state index contributed by atoms with van der Waals surface area (Å²) in [5, 5.41) is 5.70. The van der Waals surface area contributed by atoms with E-state index in [1.54, 1.807) is 58.9 Å². The molecule has 194 valence electrons. The van der Waals surface area contributed by atoms with Gasteiger partial charge in [-0.2, -0.15) is 0 Å². The molecule has 2 N–H and O–H groups in total. The first kappa shape index (κ1) is 27.3. The SMILES string of the molecule is CC(C)N1C(=O)C(NC(=O)C(Cc2ccccc2Cl)NC(=O)OC(C)(C)C)COc2cc(F)ccc21. The highest BCUT2D eigenvalue weighted by atomic mass is 35.5. The highest BCUT2D eigenvalue weighted by Gasteiger charge is 2.36. The predicted molar refractivity (Wildman–Crippen MR) is 135 cm³/mol. The van der Waals surface area contributed by atoms with Gasteiger partial charge in [0.05, 0.1) is 5.69 Å². The first-order valence-corrected chi connectivity index (χ1v) is 12.0. The van der Waals surface area contributed by atoms with Crippen LogP contribution in [0.1, 0.15) is 40.2 Å². The first-order chi connectivity index (χ1) is 16.9. The minimum atomic E-state index is -1.09. The third kappa shape index (κ3) is 6.87. The van der Waals surface area contributed by atoms with Crippen molar-refractivity contribution in [2.24, 2.45) is 0 Å². The number of nitrogens with one attached hydrogen (secondary N) is 2. The molecule has 0 aromatic heterocycles. The Morgan fingerprint density at radius 2 is 1.92 bits per heavy atom. The molecule has 0 spiro atoms. The second kappa shape index (κ2) is 11.2. The average Bonchev–Trinajstić information content (AvgIpc) is 2.89. The molecule has 36 heavy (non-hydrogen) atoms. The number of fused-ring (bicyclic) bond motifs is 1. The minimum Gasteiger partial charge on any atom is -0.489 e. The van der Waals surface area contributed by atoms with Crippen molar-refractivity contribution in [2.75, 3.05) is 11.5 Å². The highest BCUT2D eigenvalue weighted by Crippen LogP contribution is 2.33. The lowest BCUT2D eigenvalue weighted by atomic mass is 10.0. The second-order valence-corrected chi connectivity index (χ2v) is 10.2. The Kier molecular flexibility index (Phi) is 8.45. The van der Waals surface area contributed by atoms with Gasteiger partial charge in [0, 0.05) is 23.6 Å². The van der Waals surface area contributed by atoms with Gasteiger partial charge in [-0.25, -0.2) is 9.18 Å². The van der Waals surface area contributed by atoms with Crippen LogP contribution in [0.3, 0.4) is 0 Å². The van der Waals surface area contributed by atoms with E-state index in [2.05, 4.69) is 10.6 Å². The molecule has 1 heterocycles. The third-order valence-corrected chi connectivity index (χ3v) is 5.71. The quantitative estimate of drug-likeness (QED) is 0.595. The van der Waals surface area contributed by atoms with E-state index in [-0.39, 0.29) is 24.8 Å². The molecule has 10 heteroatoms. The number of rotatable bonds is 6. The molecule has 0 saturated carbocycles. The number of carbonyl (C=O) groups excluding carboxylic acids is 3. The van der Waals surface area contributed by atoms with Gasteiger partial charge in [-0.1, -0.05) is 29.8 Å². The lowest BCUT2D eigenvalue weighted by molar-refractivity contribution is -0.129. The van der Waals surface area contributed by atoms with Crippen LogP contribution in [0.2, 0.25) is 5.02 Å². The van der Waals surface area contributed by atoms with E-state index in [0.717, 1.165) is 0 Å². The number of carbonyl (C=O) groups is 3. The molecule has 0 radical (unpaired) electrons. The van der Waals surface area contributed by atoms with E-state index in [0.29, 0.717) is 16.3 Å². The molecule has 2 aromatic rings. The number of hydrogen-bond acceptors (Lipinski definition) is 5. The minimum absolute atomic E-state index is 0.0614. The Hall–Kier alpha value is -3.33. The maximum Gasteiger partial charge on any atom is 0.408 e. The van der Waals surface area contributed by atoms with Crippen LogP contribution >= 0.6 is 11.6 Å². The van der Waals surface area contributed by atoms with Gasteiger partial charge >= 0.3 is 6.09 Å². The highest BCUT2D eigenvalue weighted by molar-refractivity contribution is 6.31. The summed E-state index contributed by atoms with van der Waals surface area (Å²) >= 11 is 6.28. The van der Waals surface area contributed by atoms with E-state index < -0.39 is 41.4 Å². The normalized spacial score (nSPS) is 16.5. The van der Waals surface area contributed by atoms with Crippen molar-refractivity contribution in [2.45, 2.75) is 64.8 Å². The van der Waals surface area contributed by atoms with Crippen LogP contribution in [-0.2, 0) is 20.7 Å². The topological polar surface area (TPSA) is 97.0 Å². The first-order valence-electron chi connectivity index (χ1n) is 11.6. The summed E-state index contributed by atoms with van der Waals surface area (Å²) in [4.78, 5) is 40.8. The van der Waals surface area contributed by atoms with Gasteiger partial charge in [0.2, 0.25) is 5.91 Å². The van der Waals surface area contributed by atoms with Gasteiger partial charge in [0.25, 0.3) is 5.91 Å². The van der Waals surface area contributed by atoms with Crippen molar-refractivity contribution < 1.29 is 28.2 Å². The van der Waals surface area contributed by atoms with Crippen LogP contribution < -0.4 is 20.3 Å². The summed E-state index contributed by atoms with van der Waals surface area (Å²) in [5.74, 6) is -1.34. The molecular weight excluding hydrogens is 489 g/mol. The molecule has 8 nitrogen and oxygen atoms in total. The lowest BCUT2D eigenvalue weighted by Crippen LogP contribution is -2.57. The monoisotopic (exact) mass is 519 g/mol. The lowest BCUT2D eigenvalue weighted by Gasteiger charge is -2.29. The van der Waals surface area contributed by atoms with E-state index >= 15 is 0 Å². The molecule has 2 unspecified atom stereocenters. The van der Waals surface area contributed by atoms with Gasteiger partial charge in [0.1, 0.15) is 35.9 Å². The Balaban J connectivity index is 1.85. The predicted octanol–water partition coefficient (Wildman–Crippen LogP) is 4.23. The molecular formula is C26H31ClFN3O5. The van der Waals surface area contributed by atoms with E-state index in [1.165, 1.54) is 23.1 Å². The summed E-state index contributed by atoms with van der Waals surface area (Å²) in [6.07, 6.45) is -0.726. The van der Waals surface area contributed by atoms with Crippen LogP contribution in [0.15, 0.2) is 42.5 Å². The van der Waals surface area contributed by atoms with Crippen molar-refractivity contribution in [3.8, 4) is 5.75 Å². The molecule has 3 rings (SSSR count). The number of ether oxygens (including phenoxy) is 2. The molecule has 1 aliphatic rings. The van der Waals surface area contributed by atoms with Crippen molar-refractivity contribution in [3.63, 3.8) is 0 Å². The Bertz CT molecular complexity index is 1130. The zero-order valence-corrected chi connectivity index (χ0v) is 21.7. The summed E-state index contributed by atoms with van der Waals surface area (Å²) in [6.45, 7) is 8.52. The summed E-state index contributed by atoms with van der Waals surface area (Å²) in [5.41, 5.74) is 0.262. The zero-order valence-electron chi connectivity index (χ0n) is 20.9. The van der Waals surface area contributed by atoms with Crippen molar-refractivity contribution in [1.82, 2.24) is 10.6 Å². The summed E-state index contributed by atoms with van der Waals surface area (Å²) in [6, 6.07) is 8.39. The van der Waals surface area contributed by atoms with Gasteiger partial charge in [-0.15, -0.1) is 0 Å². The van der Waals surface area contributed by atoms with Crippen molar-refractivity contribution in [1.29, 1.82) is 0 Å². The molecule has 2 atom stereocenters. The number of anilines is 1. The molecule has 3 amide bonds. The second-order valence-electron chi connectivity index (χ2n) is 9.78. The Morgan fingerprint density at radius 3 is 2.56 bits per heavy atom. The van der Waals surface area contributed by atoms with Crippen LogP contribution in [0.25, 0.3) is 0 Å².